The van der Waals surface area contributed by atoms with Crippen molar-refractivity contribution in [3.8, 4) is 5.75 Å². The second-order valence-electron chi connectivity index (χ2n) is 6.39. The summed E-state index contributed by atoms with van der Waals surface area (Å²) < 4.78 is 10.4. The van der Waals surface area contributed by atoms with Gasteiger partial charge in [-0.3, -0.25) is 9.59 Å². The average molecular weight is 369 g/mol. The van der Waals surface area contributed by atoms with Crippen LogP contribution in [-0.4, -0.2) is 25.6 Å². The van der Waals surface area contributed by atoms with E-state index in [-0.39, 0.29) is 24.2 Å². The van der Waals surface area contributed by atoms with Crippen LogP contribution in [0, 0.1) is 0 Å². The van der Waals surface area contributed by atoms with Crippen molar-refractivity contribution in [2.24, 2.45) is 0 Å². The largest absolute Gasteiger partial charge is 0.496 e. The first-order valence-electron chi connectivity index (χ1n) is 9.18. The smallest absolute Gasteiger partial charge is 0.308 e. The molecule has 0 heterocycles. The minimum atomic E-state index is -0.414. The molecule has 2 atom stereocenters. The van der Waals surface area contributed by atoms with E-state index in [0.29, 0.717) is 13.0 Å². The Morgan fingerprint density at radius 1 is 1.00 bits per heavy atom. The topological polar surface area (TPSA) is 64.6 Å². The van der Waals surface area contributed by atoms with Crippen molar-refractivity contribution in [3.63, 3.8) is 0 Å². The average Bonchev–Trinajstić information content (AvgIpc) is 2.68. The van der Waals surface area contributed by atoms with Gasteiger partial charge in [0.2, 0.25) is 5.91 Å². The third kappa shape index (κ3) is 6.13. The Kier molecular flexibility index (Phi) is 7.86. The number of esters is 1. The maximum atomic E-state index is 12.6. The molecule has 0 aliphatic carbocycles. The van der Waals surface area contributed by atoms with Crippen molar-refractivity contribution in [1.82, 2.24) is 5.32 Å². The minimum absolute atomic E-state index is 0.0137. The van der Waals surface area contributed by atoms with Gasteiger partial charge in [0.15, 0.2) is 0 Å². The molecular weight excluding hydrogens is 342 g/mol. The summed E-state index contributed by atoms with van der Waals surface area (Å²) in [5.74, 6) is 0.306. The molecule has 1 amide bonds. The van der Waals surface area contributed by atoms with E-state index in [1.807, 2.05) is 61.5 Å². The molecule has 0 saturated heterocycles. The number of methoxy groups -OCH3 is 1. The Hall–Kier alpha value is -2.82. The Labute approximate surface area is 160 Å². The van der Waals surface area contributed by atoms with Gasteiger partial charge in [-0.2, -0.15) is 0 Å². The summed E-state index contributed by atoms with van der Waals surface area (Å²) in [5, 5.41) is 2.98. The number of carbonyl (C=O) groups excluding carboxylic acids is 2. The Morgan fingerprint density at radius 3 is 2.33 bits per heavy atom. The number of para-hydroxylation sites is 1. The summed E-state index contributed by atoms with van der Waals surface area (Å²) in [6.07, 6.45) is 0.402. The van der Waals surface area contributed by atoms with Gasteiger partial charge in [0.05, 0.1) is 26.2 Å². The Balaban J connectivity index is 2.07. The number of benzene rings is 2. The molecule has 2 rings (SSSR count). The van der Waals surface area contributed by atoms with Crippen molar-refractivity contribution in [1.29, 1.82) is 0 Å². The van der Waals surface area contributed by atoms with Gasteiger partial charge in [-0.15, -0.1) is 0 Å². The number of hydrogen-bond acceptors (Lipinski definition) is 4. The number of nitrogens with one attached hydrogen (secondary N) is 1. The molecule has 0 bridgehead atoms. The number of amides is 1. The van der Waals surface area contributed by atoms with E-state index in [1.165, 1.54) is 0 Å². The van der Waals surface area contributed by atoms with E-state index in [1.54, 1.807) is 14.0 Å². The van der Waals surface area contributed by atoms with Crippen LogP contribution in [0.15, 0.2) is 54.6 Å². The normalized spacial score (nSPS) is 12.7. The number of carbonyl (C=O) groups is 2. The molecule has 0 saturated carbocycles. The van der Waals surface area contributed by atoms with Crippen LogP contribution in [0.1, 0.15) is 49.8 Å². The van der Waals surface area contributed by atoms with Gasteiger partial charge in [-0.1, -0.05) is 55.5 Å². The first-order chi connectivity index (χ1) is 13.0. The van der Waals surface area contributed by atoms with E-state index in [2.05, 4.69) is 5.32 Å². The van der Waals surface area contributed by atoms with E-state index in [0.717, 1.165) is 16.9 Å². The van der Waals surface area contributed by atoms with Gasteiger partial charge in [0, 0.05) is 6.42 Å². The third-order valence-electron chi connectivity index (χ3n) is 4.37. The molecule has 0 radical (unpaired) electrons. The molecule has 0 aliphatic heterocycles. The molecule has 27 heavy (non-hydrogen) atoms. The lowest BCUT2D eigenvalue weighted by Gasteiger charge is -2.20. The predicted molar refractivity (Wildman–Crippen MR) is 105 cm³/mol. The first-order valence-corrected chi connectivity index (χ1v) is 9.18. The highest BCUT2D eigenvalue weighted by atomic mass is 16.5. The fourth-order valence-corrected chi connectivity index (χ4v) is 3.04. The van der Waals surface area contributed by atoms with Crippen LogP contribution < -0.4 is 10.1 Å². The van der Waals surface area contributed by atoms with Crippen LogP contribution >= 0.6 is 0 Å². The van der Waals surface area contributed by atoms with E-state index in [9.17, 15) is 9.59 Å². The minimum Gasteiger partial charge on any atom is -0.496 e. The fourth-order valence-electron chi connectivity index (χ4n) is 3.04. The van der Waals surface area contributed by atoms with Crippen LogP contribution in [0.25, 0.3) is 0 Å². The van der Waals surface area contributed by atoms with Crippen LogP contribution in [0.4, 0.5) is 0 Å². The Bertz CT molecular complexity index is 745. The van der Waals surface area contributed by atoms with E-state index < -0.39 is 6.04 Å². The highest BCUT2D eigenvalue weighted by Gasteiger charge is 2.21. The second-order valence-corrected chi connectivity index (χ2v) is 6.39. The summed E-state index contributed by atoms with van der Waals surface area (Å²) in [7, 11) is 1.62. The molecule has 1 N–H and O–H groups in total. The van der Waals surface area contributed by atoms with Gasteiger partial charge in [0.25, 0.3) is 0 Å². The van der Waals surface area contributed by atoms with Crippen LogP contribution in [0.2, 0.25) is 0 Å². The van der Waals surface area contributed by atoms with Crippen molar-refractivity contribution < 1.29 is 19.1 Å². The van der Waals surface area contributed by atoms with Crippen molar-refractivity contribution in [2.75, 3.05) is 13.7 Å². The SMILES string of the molecule is CCOC(=O)CC(NC(=O)CC(C)c1ccccc1OC)c1ccccc1. The summed E-state index contributed by atoms with van der Waals surface area (Å²) >= 11 is 0. The highest BCUT2D eigenvalue weighted by molar-refractivity contribution is 5.79. The summed E-state index contributed by atoms with van der Waals surface area (Å²) in [6, 6.07) is 16.7. The zero-order chi connectivity index (χ0) is 19.6. The van der Waals surface area contributed by atoms with Gasteiger partial charge < -0.3 is 14.8 Å². The molecule has 5 heteroatoms. The zero-order valence-corrected chi connectivity index (χ0v) is 16.1. The van der Waals surface area contributed by atoms with Crippen LogP contribution in [0.5, 0.6) is 5.75 Å². The lowest BCUT2D eigenvalue weighted by Crippen LogP contribution is -2.31. The maximum Gasteiger partial charge on any atom is 0.308 e. The molecule has 144 valence electrons. The lowest BCUT2D eigenvalue weighted by atomic mass is 9.95. The Morgan fingerprint density at radius 2 is 1.67 bits per heavy atom. The highest BCUT2D eigenvalue weighted by Crippen LogP contribution is 2.28. The van der Waals surface area contributed by atoms with Gasteiger partial charge in [-0.05, 0) is 30.0 Å². The fraction of sp³-hybridized carbons (Fsp3) is 0.364. The van der Waals surface area contributed by atoms with E-state index >= 15 is 0 Å². The summed E-state index contributed by atoms with van der Waals surface area (Å²) in [5.41, 5.74) is 1.86. The van der Waals surface area contributed by atoms with Crippen LogP contribution in [0.3, 0.4) is 0 Å². The van der Waals surface area contributed by atoms with E-state index in [4.69, 9.17) is 9.47 Å². The molecule has 0 spiro atoms. The summed E-state index contributed by atoms with van der Waals surface area (Å²) in [6.45, 7) is 4.07. The summed E-state index contributed by atoms with van der Waals surface area (Å²) in [4.78, 5) is 24.6. The maximum absolute atomic E-state index is 12.6. The molecule has 0 aliphatic rings. The molecule has 0 fully saturated rings. The third-order valence-corrected chi connectivity index (χ3v) is 4.37. The monoisotopic (exact) mass is 369 g/mol. The molecule has 2 unspecified atom stereocenters. The van der Waals surface area contributed by atoms with Gasteiger partial charge in [0.1, 0.15) is 5.75 Å². The second kappa shape index (κ2) is 10.4. The number of hydrogen-bond donors (Lipinski definition) is 1. The van der Waals surface area contributed by atoms with Gasteiger partial charge >= 0.3 is 5.97 Å². The molecule has 2 aromatic rings. The van der Waals surface area contributed by atoms with Crippen molar-refractivity contribution in [2.45, 2.75) is 38.6 Å². The molecule has 0 aromatic heterocycles. The predicted octanol–water partition coefficient (Wildman–Crippen LogP) is 4.00. The first kappa shape index (κ1) is 20.5. The van der Waals surface area contributed by atoms with Crippen molar-refractivity contribution in [3.05, 3.63) is 65.7 Å². The quantitative estimate of drug-likeness (QED) is 0.679. The molecule has 2 aromatic carbocycles. The van der Waals surface area contributed by atoms with Crippen molar-refractivity contribution >= 4 is 11.9 Å². The van der Waals surface area contributed by atoms with Gasteiger partial charge in [-0.25, -0.2) is 0 Å². The molecule has 5 nitrogen and oxygen atoms in total. The lowest BCUT2D eigenvalue weighted by molar-refractivity contribution is -0.143. The molecular formula is C22H27NO4. The zero-order valence-electron chi connectivity index (χ0n) is 16.1. The van der Waals surface area contributed by atoms with Crippen LogP contribution in [-0.2, 0) is 14.3 Å². The number of rotatable bonds is 9. The standard InChI is InChI=1S/C22H27NO4/c1-4-27-22(25)15-19(17-10-6-5-7-11-17)23-21(24)14-16(2)18-12-8-9-13-20(18)26-3/h5-13,16,19H,4,14-15H2,1-3H3,(H,23,24). The number of ether oxygens (including phenoxy) is 2.